The van der Waals surface area contributed by atoms with Crippen LogP contribution in [-0.4, -0.2) is 45.4 Å². The fourth-order valence-corrected chi connectivity index (χ4v) is 4.85. The molecule has 7 nitrogen and oxygen atoms in total. The molecule has 0 aliphatic carbocycles. The van der Waals surface area contributed by atoms with Gasteiger partial charge in [-0.2, -0.15) is 4.31 Å². The van der Waals surface area contributed by atoms with Crippen LogP contribution in [0.4, 0.5) is 5.69 Å². The van der Waals surface area contributed by atoms with Gasteiger partial charge in [-0.1, -0.05) is 12.1 Å². The second kappa shape index (κ2) is 9.77. The van der Waals surface area contributed by atoms with Gasteiger partial charge in [0.05, 0.1) is 12.0 Å². The molecule has 0 radical (unpaired) electrons. The summed E-state index contributed by atoms with van der Waals surface area (Å²) >= 11 is 0. The number of hydrogen-bond acceptors (Lipinski definition) is 5. The third-order valence-corrected chi connectivity index (χ3v) is 6.71. The largest absolute Gasteiger partial charge is 0.497 e. The summed E-state index contributed by atoms with van der Waals surface area (Å²) in [4.78, 5) is 12.5. The molecule has 1 saturated heterocycles. The summed E-state index contributed by atoms with van der Waals surface area (Å²) in [5, 5.41) is 2.70. The van der Waals surface area contributed by atoms with Crippen LogP contribution in [0.3, 0.4) is 0 Å². The summed E-state index contributed by atoms with van der Waals surface area (Å²) in [6, 6.07) is 11.6. The topological polar surface area (TPSA) is 84.9 Å². The standard InChI is InChI=1S/C22H26N2O5S/c1-3-7-17-14-19(28-2)10-11-21(17)29-16-22(25)23-18-8-6-9-20(15-18)30(26,27)24-12-4-5-13-24/h3,6,8-11,14-15H,1,4-5,7,12-13,16H2,2H3,(H,23,25). The Hall–Kier alpha value is -2.84. The van der Waals surface area contributed by atoms with Crippen molar-refractivity contribution < 1.29 is 22.7 Å². The number of anilines is 1. The molecule has 2 aromatic rings. The van der Waals surface area contributed by atoms with Crippen LogP contribution >= 0.6 is 0 Å². The third-order valence-electron chi connectivity index (χ3n) is 4.81. The smallest absolute Gasteiger partial charge is 0.262 e. The highest BCUT2D eigenvalue weighted by atomic mass is 32.2. The zero-order valence-electron chi connectivity index (χ0n) is 17.0. The lowest BCUT2D eigenvalue weighted by atomic mass is 10.1. The van der Waals surface area contributed by atoms with Crippen molar-refractivity contribution in [3.63, 3.8) is 0 Å². The SMILES string of the molecule is C=CCc1cc(OC)ccc1OCC(=O)Nc1cccc(S(=O)(=O)N2CCCC2)c1. The van der Waals surface area contributed by atoms with E-state index in [2.05, 4.69) is 11.9 Å². The van der Waals surface area contributed by atoms with Crippen LogP contribution in [0.15, 0.2) is 60.0 Å². The summed E-state index contributed by atoms with van der Waals surface area (Å²) in [6.45, 7) is 4.58. The lowest BCUT2D eigenvalue weighted by molar-refractivity contribution is -0.118. The minimum absolute atomic E-state index is 0.173. The normalized spacial score (nSPS) is 14.3. The number of sulfonamides is 1. The summed E-state index contributed by atoms with van der Waals surface area (Å²) < 4.78 is 37.8. The van der Waals surface area contributed by atoms with Crippen molar-refractivity contribution in [1.82, 2.24) is 4.31 Å². The first-order chi connectivity index (χ1) is 14.4. The molecule has 2 aromatic carbocycles. The average molecular weight is 431 g/mol. The van der Waals surface area contributed by atoms with E-state index in [1.807, 2.05) is 6.07 Å². The average Bonchev–Trinajstić information content (AvgIpc) is 3.29. The number of hydrogen-bond donors (Lipinski definition) is 1. The van der Waals surface area contributed by atoms with E-state index in [0.29, 0.717) is 36.7 Å². The molecule has 0 bridgehead atoms. The van der Waals surface area contributed by atoms with Crippen LogP contribution in [0.2, 0.25) is 0 Å². The lowest BCUT2D eigenvalue weighted by Crippen LogP contribution is -2.28. The molecule has 1 aliphatic rings. The summed E-state index contributed by atoms with van der Waals surface area (Å²) in [7, 11) is -1.96. The number of benzene rings is 2. The Kier molecular flexibility index (Phi) is 7.12. The fraction of sp³-hybridized carbons (Fsp3) is 0.318. The van der Waals surface area contributed by atoms with Gasteiger partial charge in [-0.3, -0.25) is 4.79 Å². The van der Waals surface area contributed by atoms with Gasteiger partial charge in [0.1, 0.15) is 11.5 Å². The van der Waals surface area contributed by atoms with Gasteiger partial charge in [0, 0.05) is 24.3 Å². The Bertz CT molecular complexity index is 1010. The van der Waals surface area contributed by atoms with Gasteiger partial charge in [0.2, 0.25) is 10.0 Å². The van der Waals surface area contributed by atoms with Crippen molar-refractivity contribution in [1.29, 1.82) is 0 Å². The summed E-state index contributed by atoms with van der Waals surface area (Å²) in [5.74, 6) is 0.877. The molecule has 1 fully saturated rings. The van der Waals surface area contributed by atoms with Crippen LogP contribution in [0, 0.1) is 0 Å². The van der Waals surface area contributed by atoms with Gasteiger partial charge in [-0.25, -0.2) is 8.42 Å². The molecule has 1 heterocycles. The van der Waals surface area contributed by atoms with Gasteiger partial charge >= 0.3 is 0 Å². The summed E-state index contributed by atoms with van der Waals surface area (Å²) in [6.07, 6.45) is 4.05. The van der Waals surface area contributed by atoms with Crippen molar-refractivity contribution in [2.75, 3.05) is 32.1 Å². The molecule has 1 amide bonds. The number of carbonyl (C=O) groups excluding carboxylic acids is 1. The Morgan fingerprint density at radius 2 is 1.97 bits per heavy atom. The third kappa shape index (κ3) is 5.20. The fourth-order valence-electron chi connectivity index (χ4n) is 3.29. The monoisotopic (exact) mass is 430 g/mol. The molecular weight excluding hydrogens is 404 g/mol. The molecule has 0 aromatic heterocycles. The maximum absolute atomic E-state index is 12.7. The van der Waals surface area contributed by atoms with Crippen LogP contribution < -0.4 is 14.8 Å². The highest BCUT2D eigenvalue weighted by molar-refractivity contribution is 7.89. The number of rotatable bonds is 9. The van der Waals surface area contributed by atoms with E-state index >= 15 is 0 Å². The van der Waals surface area contributed by atoms with E-state index in [1.54, 1.807) is 43.5 Å². The number of carbonyl (C=O) groups is 1. The van der Waals surface area contributed by atoms with Gasteiger partial charge < -0.3 is 14.8 Å². The number of methoxy groups -OCH3 is 1. The van der Waals surface area contributed by atoms with E-state index in [1.165, 1.54) is 10.4 Å². The molecule has 0 unspecified atom stereocenters. The van der Waals surface area contributed by atoms with Crippen LogP contribution in [-0.2, 0) is 21.2 Å². The quantitative estimate of drug-likeness (QED) is 0.618. The first kappa shape index (κ1) is 21.9. The Balaban J connectivity index is 1.65. The van der Waals surface area contributed by atoms with Crippen molar-refractivity contribution >= 4 is 21.6 Å². The van der Waals surface area contributed by atoms with Crippen LogP contribution in [0.25, 0.3) is 0 Å². The molecule has 160 valence electrons. The van der Waals surface area contributed by atoms with Gasteiger partial charge in [0.25, 0.3) is 5.91 Å². The molecule has 1 aliphatic heterocycles. The molecule has 8 heteroatoms. The maximum Gasteiger partial charge on any atom is 0.262 e. The highest BCUT2D eigenvalue weighted by Gasteiger charge is 2.27. The van der Waals surface area contributed by atoms with Gasteiger partial charge in [-0.05, 0) is 55.7 Å². The van der Waals surface area contributed by atoms with Crippen LogP contribution in [0.5, 0.6) is 11.5 Å². The molecule has 0 atom stereocenters. The predicted octanol–water partition coefficient (Wildman–Crippen LogP) is 3.23. The Morgan fingerprint density at radius 3 is 2.67 bits per heavy atom. The van der Waals surface area contributed by atoms with Crippen LogP contribution in [0.1, 0.15) is 18.4 Å². The molecule has 3 rings (SSSR count). The minimum atomic E-state index is -3.54. The van der Waals surface area contributed by atoms with E-state index in [-0.39, 0.29) is 17.4 Å². The van der Waals surface area contributed by atoms with Crippen molar-refractivity contribution in [3.8, 4) is 11.5 Å². The predicted molar refractivity (Wildman–Crippen MR) is 115 cm³/mol. The van der Waals surface area contributed by atoms with E-state index in [0.717, 1.165) is 18.4 Å². The number of ether oxygens (including phenoxy) is 2. The Morgan fingerprint density at radius 1 is 1.20 bits per heavy atom. The second-order valence-corrected chi connectivity index (χ2v) is 8.88. The highest BCUT2D eigenvalue weighted by Crippen LogP contribution is 2.25. The van der Waals surface area contributed by atoms with Crippen molar-refractivity contribution in [2.45, 2.75) is 24.2 Å². The zero-order chi connectivity index (χ0) is 21.6. The number of nitrogens with one attached hydrogen (secondary N) is 1. The van der Waals surface area contributed by atoms with Gasteiger partial charge in [-0.15, -0.1) is 6.58 Å². The molecule has 0 spiro atoms. The Labute approximate surface area is 177 Å². The van der Waals surface area contributed by atoms with E-state index in [4.69, 9.17) is 9.47 Å². The number of nitrogens with zero attached hydrogens (tertiary/aromatic N) is 1. The second-order valence-electron chi connectivity index (χ2n) is 6.94. The lowest BCUT2D eigenvalue weighted by Gasteiger charge is -2.16. The minimum Gasteiger partial charge on any atom is -0.497 e. The number of amides is 1. The zero-order valence-corrected chi connectivity index (χ0v) is 17.8. The van der Waals surface area contributed by atoms with E-state index < -0.39 is 10.0 Å². The maximum atomic E-state index is 12.7. The van der Waals surface area contributed by atoms with Crippen molar-refractivity contribution in [2.24, 2.45) is 0 Å². The summed E-state index contributed by atoms with van der Waals surface area (Å²) in [5.41, 5.74) is 1.26. The molecule has 0 saturated carbocycles. The first-order valence-corrected chi connectivity index (χ1v) is 11.2. The van der Waals surface area contributed by atoms with E-state index in [9.17, 15) is 13.2 Å². The first-order valence-electron chi connectivity index (χ1n) is 9.74. The molecular formula is C22H26N2O5S. The molecule has 30 heavy (non-hydrogen) atoms. The molecule has 1 N–H and O–H groups in total. The van der Waals surface area contributed by atoms with Crippen molar-refractivity contribution in [3.05, 3.63) is 60.7 Å². The van der Waals surface area contributed by atoms with Gasteiger partial charge in [0.15, 0.2) is 6.61 Å². The number of allylic oxidation sites excluding steroid dienone is 1.